The summed E-state index contributed by atoms with van der Waals surface area (Å²) in [6.07, 6.45) is -2.34. The van der Waals surface area contributed by atoms with Crippen LogP contribution in [-0.4, -0.2) is 88.8 Å². The van der Waals surface area contributed by atoms with Crippen molar-refractivity contribution in [1.29, 1.82) is 0 Å². The maximum Gasteiger partial charge on any atom is 0.190 e. The second kappa shape index (κ2) is 12.2. The summed E-state index contributed by atoms with van der Waals surface area (Å²) in [6, 6.07) is 29.8. The van der Waals surface area contributed by atoms with Gasteiger partial charge in [-0.05, 0) is 45.9 Å². The third kappa shape index (κ3) is 5.37. The second-order valence-electron chi connectivity index (χ2n) is 16.0. The Kier molecular flexibility index (Phi) is 7.12. The van der Waals surface area contributed by atoms with Crippen molar-refractivity contribution in [2.24, 2.45) is 0 Å². The van der Waals surface area contributed by atoms with E-state index in [4.69, 9.17) is 58.3 Å². The average molecular weight is 773 g/mol. The Balaban J connectivity index is 1.03. The number of nitrogens with zero attached hydrogens (tertiary/aromatic N) is 6. The van der Waals surface area contributed by atoms with Gasteiger partial charge in [-0.1, -0.05) is 72.8 Å². The highest BCUT2D eigenvalue weighted by molar-refractivity contribution is 6.06. The summed E-state index contributed by atoms with van der Waals surface area (Å²) in [5, 5.41) is 3.45. The molecule has 0 radical (unpaired) electrons. The molecular weight excluding hydrogens is 737 g/mol. The first-order valence-corrected chi connectivity index (χ1v) is 19.4. The van der Waals surface area contributed by atoms with E-state index in [0.717, 1.165) is 43.8 Å². The van der Waals surface area contributed by atoms with Gasteiger partial charge < -0.3 is 38.4 Å². The van der Waals surface area contributed by atoms with Gasteiger partial charge in [-0.15, -0.1) is 0 Å². The summed E-state index contributed by atoms with van der Waals surface area (Å²) in [7, 11) is 0. The first-order chi connectivity index (χ1) is 28.1. The summed E-state index contributed by atoms with van der Waals surface area (Å²) in [5.41, 5.74) is 5.91. The maximum absolute atomic E-state index is 6.50. The number of aromatic nitrogens is 8. The van der Waals surface area contributed by atoms with Gasteiger partial charge in [0.05, 0.1) is 0 Å². The Morgan fingerprint density at radius 1 is 0.500 bits per heavy atom. The summed E-state index contributed by atoms with van der Waals surface area (Å²) in [4.78, 5) is 37.5. The molecule has 8 bridgehead atoms. The zero-order valence-corrected chi connectivity index (χ0v) is 31.9. The first-order valence-electron chi connectivity index (χ1n) is 19.4. The first kappa shape index (κ1) is 33.9. The van der Waals surface area contributed by atoms with Crippen LogP contribution in [-0.2, 0) is 23.7 Å². The van der Waals surface area contributed by atoms with Gasteiger partial charge in [-0.2, -0.15) is 0 Å². The van der Waals surface area contributed by atoms with Crippen LogP contribution in [0, 0.1) is 0 Å². The Morgan fingerprint density at radius 2 is 0.948 bits per heavy atom. The van der Waals surface area contributed by atoms with Crippen LogP contribution >= 0.6 is 0 Å². The van der Waals surface area contributed by atoms with Gasteiger partial charge in [-0.25, -0.2) is 29.9 Å². The number of aromatic amines is 2. The maximum atomic E-state index is 6.50. The fourth-order valence-electron chi connectivity index (χ4n) is 8.72. The molecule has 58 heavy (non-hydrogen) atoms. The molecule has 3 fully saturated rings. The van der Waals surface area contributed by atoms with E-state index in [1.807, 2.05) is 119 Å². The minimum atomic E-state index is -0.819. The minimum Gasteiger partial charge on any atom is -0.491 e. The Bertz CT molecular complexity index is 3030. The molecular formula is C44H36N8O6. The molecule has 14 heteroatoms. The fourth-order valence-corrected chi connectivity index (χ4v) is 8.72. The van der Waals surface area contributed by atoms with Crippen molar-refractivity contribution in [2.45, 2.75) is 70.0 Å². The molecule has 3 aromatic heterocycles. The number of hydrogen-bond donors (Lipinski definition) is 2. The highest BCUT2D eigenvalue weighted by atomic mass is 16.9. The lowest BCUT2D eigenvalue weighted by atomic mass is 9.99. The molecule has 5 aliphatic rings. The van der Waals surface area contributed by atoms with Crippen molar-refractivity contribution < 1.29 is 28.4 Å². The molecule has 3 saturated heterocycles. The molecule has 7 aromatic rings. The van der Waals surface area contributed by atoms with Crippen molar-refractivity contribution >= 4 is 44.1 Å². The number of benzene rings is 4. The van der Waals surface area contributed by atoms with Crippen LogP contribution in [0.5, 0.6) is 5.75 Å². The van der Waals surface area contributed by atoms with Crippen LogP contribution in [0.15, 0.2) is 91.0 Å². The zero-order valence-electron chi connectivity index (χ0n) is 31.9. The van der Waals surface area contributed by atoms with Crippen molar-refractivity contribution in [3.05, 3.63) is 91.0 Å². The third-order valence-corrected chi connectivity index (χ3v) is 11.2. The summed E-state index contributed by atoms with van der Waals surface area (Å²) >= 11 is 0. The van der Waals surface area contributed by atoms with Gasteiger partial charge in [0, 0.05) is 43.8 Å². The van der Waals surface area contributed by atoms with Crippen LogP contribution in [0.1, 0.15) is 27.7 Å². The number of hydrogen-bond acceptors (Lipinski definition) is 12. The van der Waals surface area contributed by atoms with Crippen molar-refractivity contribution in [3.8, 4) is 51.3 Å². The van der Waals surface area contributed by atoms with Crippen LogP contribution in [0.2, 0.25) is 0 Å². The van der Waals surface area contributed by atoms with Gasteiger partial charge in [0.25, 0.3) is 0 Å². The highest BCUT2D eigenvalue weighted by Crippen LogP contribution is 2.45. The largest absolute Gasteiger partial charge is 0.491 e. The zero-order chi connectivity index (χ0) is 38.9. The standard InChI is InChI=1S/C44H36N8O6/c1-43(2)55-31-30(54-42-33(32(31)56-43)57-44(3,4)58-42)20-53-21-17-18-28-29(19-21)41-51-39-27-16-10-9-15-26(27)37(49-39)47-35-23-12-6-5-11-22(23)34(45-35)46-36-24-13-7-8-14-25(24)38(48-36)50-40(28)52-41/h5-19,30-33,42H,20H2,1-4H3,(H2,45,46,47,48,49,50,51,52)/t30-,31+,32+,33-,42-/m1/s1. The fraction of sp³-hybridized carbons (Fsp3) is 0.273. The molecule has 0 saturated carbocycles. The van der Waals surface area contributed by atoms with E-state index in [2.05, 4.69) is 9.97 Å². The van der Waals surface area contributed by atoms with Gasteiger partial charge in [0.2, 0.25) is 0 Å². The molecule has 4 aromatic carbocycles. The smallest absolute Gasteiger partial charge is 0.190 e. The number of H-pyrrole nitrogens is 2. The molecule has 12 rings (SSSR count). The van der Waals surface area contributed by atoms with Crippen LogP contribution in [0.3, 0.4) is 0 Å². The average Bonchev–Trinajstić information content (AvgIpc) is 4.05. The number of ether oxygens (including phenoxy) is 6. The topological polar surface area (TPSA) is 164 Å². The predicted octanol–water partition coefficient (Wildman–Crippen LogP) is 7.64. The lowest BCUT2D eigenvalue weighted by Crippen LogP contribution is -2.56. The van der Waals surface area contributed by atoms with Gasteiger partial charge in [0.15, 0.2) is 41.2 Å². The molecule has 2 N–H and O–H groups in total. The molecule has 5 atom stereocenters. The summed E-state index contributed by atoms with van der Waals surface area (Å²) in [5.74, 6) is 1.10. The van der Waals surface area contributed by atoms with Gasteiger partial charge >= 0.3 is 0 Å². The quantitative estimate of drug-likeness (QED) is 0.181. The minimum absolute atomic E-state index is 0.178. The number of fused-ring (bicyclic) bond motifs is 23. The highest BCUT2D eigenvalue weighted by Gasteiger charge is 2.60. The van der Waals surface area contributed by atoms with E-state index in [0.29, 0.717) is 51.6 Å². The van der Waals surface area contributed by atoms with Gasteiger partial charge in [0.1, 0.15) is 59.4 Å². The van der Waals surface area contributed by atoms with E-state index in [1.165, 1.54) is 0 Å². The molecule has 0 unspecified atom stereocenters. The van der Waals surface area contributed by atoms with Crippen LogP contribution in [0.4, 0.5) is 0 Å². The second-order valence-corrected chi connectivity index (χ2v) is 16.0. The third-order valence-electron chi connectivity index (χ3n) is 11.2. The molecule has 14 nitrogen and oxygen atoms in total. The molecule has 0 spiro atoms. The molecule has 8 heterocycles. The van der Waals surface area contributed by atoms with Crippen molar-refractivity contribution in [2.75, 3.05) is 6.61 Å². The van der Waals surface area contributed by atoms with E-state index < -0.39 is 36.2 Å². The number of rotatable bonds is 3. The lowest BCUT2D eigenvalue weighted by molar-refractivity contribution is -0.238. The van der Waals surface area contributed by atoms with Crippen molar-refractivity contribution in [1.82, 2.24) is 39.9 Å². The SMILES string of the molecule is CC1(C)O[C@H]2[C@@H](O1)[C@@H](COc1ccc3c4nc5nc(nc6[nH]c(nc7nc(nc([nH]4)c3c1)-c1ccccc1-7)c1ccccc61)-c1ccccc1-5)O[C@@H]1OC(C)(C)O[C@@H]12. The Morgan fingerprint density at radius 3 is 1.50 bits per heavy atom. The molecule has 288 valence electrons. The van der Waals surface area contributed by atoms with Crippen molar-refractivity contribution in [3.63, 3.8) is 0 Å². The van der Waals surface area contributed by atoms with E-state index in [9.17, 15) is 0 Å². The Hall–Kier alpha value is -6.16. The summed E-state index contributed by atoms with van der Waals surface area (Å²) < 4.78 is 37.9. The molecule has 5 aliphatic heterocycles. The van der Waals surface area contributed by atoms with Crippen LogP contribution < -0.4 is 4.74 Å². The number of nitrogens with one attached hydrogen (secondary N) is 2. The van der Waals surface area contributed by atoms with E-state index in [1.54, 1.807) is 0 Å². The normalized spacial score (nSPS) is 23.7. The molecule has 0 amide bonds. The van der Waals surface area contributed by atoms with Gasteiger partial charge in [-0.3, -0.25) is 0 Å². The monoisotopic (exact) mass is 772 g/mol. The lowest BCUT2D eigenvalue weighted by Gasteiger charge is -2.37. The summed E-state index contributed by atoms with van der Waals surface area (Å²) in [6.45, 7) is 7.70. The van der Waals surface area contributed by atoms with Crippen LogP contribution in [0.25, 0.3) is 89.7 Å². The Labute approximate surface area is 330 Å². The predicted molar refractivity (Wildman–Crippen MR) is 214 cm³/mol. The molecule has 0 aliphatic carbocycles. The van der Waals surface area contributed by atoms with E-state index in [-0.39, 0.29) is 12.7 Å². The van der Waals surface area contributed by atoms with E-state index >= 15 is 0 Å².